The zero-order valence-corrected chi connectivity index (χ0v) is 15.6. The second-order valence-electron chi connectivity index (χ2n) is 4.50. The quantitative estimate of drug-likeness (QED) is 0.535. The number of carbonyl (C=O) groups is 1. The Morgan fingerprint density at radius 3 is 2.61 bits per heavy atom. The lowest BCUT2D eigenvalue weighted by Crippen LogP contribution is -2.13. The first-order valence-electron chi connectivity index (χ1n) is 6.55. The molecule has 0 spiro atoms. The molecule has 7 heteroatoms. The highest BCUT2D eigenvalue weighted by atomic mass is 79.9. The van der Waals surface area contributed by atoms with Gasteiger partial charge in [0.25, 0.3) is 5.91 Å². The molecule has 0 saturated heterocycles. The van der Waals surface area contributed by atoms with Gasteiger partial charge in [0, 0.05) is 4.47 Å². The van der Waals surface area contributed by atoms with E-state index in [4.69, 9.17) is 4.42 Å². The predicted molar refractivity (Wildman–Crippen MR) is 99.2 cm³/mol. The number of hydrogen-bond acceptors (Lipinski definition) is 4. The van der Waals surface area contributed by atoms with Gasteiger partial charge in [-0.25, -0.2) is 4.98 Å². The number of hydrogen-bond donors (Lipinski definition) is 1. The maximum Gasteiger partial charge on any atom is 0.258 e. The van der Waals surface area contributed by atoms with E-state index in [1.807, 2.05) is 24.3 Å². The van der Waals surface area contributed by atoms with Crippen LogP contribution in [0.2, 0.25) is 0 Å². The van der Waals surface area contributed by atoms with E-state index in [9.17, 15) is 4.79 Å². The number of halogens is 2. The van der Waals surface area contributed by atoms with Gasteiger partial charge in [-0.2, -0.15) is 0 Å². The number of nitrogens with one attached hydrogen (secondary N) is 1. The molecule has 0 bridgehead atoms. The van der Waals surface area contributed by atoms with Crippen LogP contribution in [0, 0.1) is 0 Å². The van der Waals surface area contributed by atoms with Gasteiger partial charge in [0.1, 0.15) is 5.76 Å². The van der Waals surface area contributed by atoms with Gasteiger partial charge in [0.2, 0.25) is 0 Å². The van der Waals surface area contributed by atoms with Crippen LogP contribution in [0.5, 0.6) is 0 Å². The first kappa shape index (κ1) is 16.2. The zero-order valence-electron chi connectivity index (χ0n) is 11.6. The van der Waals surface area contributed by atoms with E-state index >= 15 is 0 Å². The summed E-state index contributed by atoms with van der Waals surface area (Å²) >= 11 is 8.08. The fourth-order valence-electron chi connectivity index (χ4n) is 1.90. The molecule has 0 unspecified atom stereocenters. The molecule has 0 aliphatic carbocycles. The Morgan fingerprint density at radius 2 is 2.00 bits per heavy atom. The van der Waals surface area contributed by atoms with E-state index in [1.165, 1.54) is 11.3 Å². The molecule has 0 fully saturated rings. The maximum atomic E-state index is 12.7. The van der Waals surface area contributed by atoms with E-state index in [0.29, 0.717) is 16.5 Å². The van der Waals surface area contributed by atoms with Crippen molar-refractivity contribution in [3.8, 4) is 0 Å². The van der Waals surface area contributed by atoms with Crippen molar-refractivity contribution in [1.82, 2.24) is 4.98 Å². The summed E-state index contributed by atoms with van der Waals surface area (Å²) in [6.45, 7) is 0. The Morgan fingerprint density at radius 1 is 1.22 bits per heavy atom. The average molecular weight is 454 g/mol. The lowest BCUT2D eigenvalue weighted by atomic mass is 10.0. The SMILES string of the molecule is O=C(Nc1ncc(Br)s1)/C(=C/c1ccco1)c1ccc(Br)cc1. The number of nitrogens with zero attached hydrogens (tertiary/aromatic N) is 1. The fraction of sp³-hybridized carbons (Fsp3) is 0. The Bertz CT molecular complexity index is 839. The largest absolute Gasteiger partial charge is 0.465 e. The molecule has 2 aromatic heterocycles. The normalized spacial score (nSPS) is 11.5. The third kappa shape index (κ3) is 4.19. The van der Waals surface area contributed by atoms with Crippen molar-refractivity contribution >= 4 is 65.9 Å². The van der Waals surface area contributed by atoms with Gasteiger partial charge >= 0.3 is 0 Å². The third-order valence-corrected chi connectivity index (χ3v) is 4.85. The average Bonchev–Trinajstić information content (AvgIpc) is 3.17. The first-order chi connectivity index (χ1) is 11.1. The van der Waals surface area contributed by atoms with Gasteiger partial charge in [0.15, 0.2) is 5.13 Å². The van der Waals surface area contributed by atoms with Crippen molar-refractivity contribution in [3.05, 3.63) is 68.4 Å². The van der Waals surface area contributed by atoms with Crippen LogP contribution in [-0.4, -0.2) is 10.9 Å². The summed E-state index contributed by atoms with van der Waals surface area (Å²) in [4.78, 5) is 16.8. The summed E-state index contributed by atoms with van der Waals surface area (Å²) < 4.78 is 7.13. The lowest BCUT2D eigenvalue weighted by Gasteiger charge is -2.07. The number of thiazole rings is 1. The molecule has 0 atom stereocenters. The lowest BCUT2D eigenvalue weighted by molar-refractivity contribution is -0.111. The number of amides is 1. The number of anilines is 1. The van der Waals surface area contributed by atoms with E-state index < -0.39 is 0 Å². The van der Waals surface area contributed by atoms with Crippen LogP contribution in [0.1, 0.15) is 11.3 Å². The molecule has 116 valence electrons. The molecule has 3 aromatic rings. The van der Waals surface area contributed by atoms with Crippen LogP contribution in [0.3, 0.4) is 0 Å². The van der Waals surface area contributed by atoms with Crippen molar-refractivity contribution in [2.75, 3.05) is 5.32 Å². The smallest absolute Gasteiger partial charge is 0.258 e. The van der Waals surface area contributed by atoms with Gasteiger partial charge in [0.05, 0.1) is 21.8 Å². The minimum atomic E-state index is -0.245. The maximum absolute atomic E-state index is 12.7. The molecule has 1 amide bonds. The Hall–Kier alpha value is -1.70. The number of benzene rings is 1. The number of carbonyl (C=O) groups excluding carboxylic acids is 1. The Labute approximate surface area is 153 Å². The molecule has 0 radical (unpaired) electrons. The van der Waals surface area contributed by atoms with Gasteiger partial charge in [-0.1, -0.05) is 39.4 Å². The van der Waals surface area contributed by atoms with Crippen molar-refractivity contribution in [3.63, 3.8) is 0 Å². The minimum absolute atomic E-state index is 0.245. The molecule has 0 aliphatic rings. The van der Waals surface area contributed by atoms with Gasteiger partial charge in [-0.15, -0.1) is 0 Å². The summed E-state index contributed by atoms with van der Waals surface area (Å²) in [7, 11) is 0. The monoisotopic (exact) mass is 452 g/mol. The van der Waals surface area contributed by atoms with E-state index in [2.05, 4.69) is 42.2 Å². The van der Waals surface area contributed by atoms with E-state index in [1.54, 1.807) is 30.7 Å². The summed E-state index contributed by atoms with van der Waals surface area (Å²) in [6.07, 6.45) is 4.93. The topological polar surface area (TPSA) is 55.1 Å². The predicted octanol–water partition coefficient (Wildman–Crippen LogP) is 5.44. The van der Waals surface area contributed by atoms with Gasteiger partial charge in [-0.05, 0) is 51.8 Å². The molecule has 2 heterocycles. The molecule has 4 nitrogen and oxygen atoms in total. The third-order valence-electron chi connectivity index (χ3n) is 2.93. The number of aromatic nitrogens is 1. The molecule has 3 rings (SSSR count). The molecule has 0 saturated carbocycles. The fourth-order valence-corrected chi connectivity index (χ4v) is 3.27. The molecular formula is C16H10Br2N2O2S. The second-order valence-corrected chi connectivity index (χ2v) is 7.83. The van der Waals surface area contributed by atoms with Crippen LogP contribution in [0.15, 0.2) is 61.5 Å². The van der Waals surface area contributed by atoms with Crippen molar-refractivity contribution < 1.29 is 9.21 Å². The van der Waals surface area contributed by atoms with Crippen molar-refractivity contribution in [1.29, 1.82) is 0 Å². The molecule has 1 N–H and O–H groups in total. The highest BCUT2D eigenvalue weighted by molar-refractivity contribution is 9.11. The van der Waals surface area contributed by atoms with Crippen LogP contribution < -0.4 is 5.32 Å². The van der Waals surface area contributed by atoms with Crippen LogP contribution in [0.4, 0.5) is 5.13 Å². The number of rotatable bonds is 4. The van der Waals surface area contributed by atoms with Crippen LogP contribution >= 0.6 is 43.2 Å². The van der Waals surface area contributed by atoms with E-state index in [0.717, 1.165) is 13.8 Å². The summed E-state index contributed by atoms with van der Waals surface area (Å²) in [5.74, 6) is 0.365. The molecule has 23 heavy (non-hydrogen) atoms. The van der Waals surface area contributed by atoms with Crippen molar-refractivity contribution in [2.24, 2.45) is 0 Å². The zero-order chi connectivity index (χ0) is 16.2. The molecular weight excluding hydrogens is 444 g/mol. The van der Waals surface area contributed by atoms with Crippen LogP contribution in [0.25, 0.3) is 11.6 Å². The highest BCUT2D eigenvalue weighted by Crippen LogP contribution is 2.26. The number of furan rings is 1. The molecule has 1 aromatic carbocycles. The Balaban J connectivity index is 1.94. The highest BCUT2D eigenvalue weighted by Gasteiger charge is 2.15. The van der Waals surface area contributed by atoms with Gasteiger partial charge < -0.3 is 4.42 Å². The standard InChI is InChI=1S/C16H10Br2N2O2S/c17-11-5-3-10(4-6-11)13(8-12-2-1-7-22-12)15(21)20-16-19-9-14(18)23-16/h1-9H,(H,19,20,21)/b13-8+. The summed E-state index contributed by atoms with van der Waals surface area (Å²) in [6, 6.07) is 11.1. The second kappa shape index (κ2) is 7.25. The summed E-state index contributed by atoms with van der Waals surface area (Å²) in [5, 5.41) is 3.34. The van der Waals surface area contributed by atoms with Crippen molar-refractivity contribution in [2.45, 2.75) is 0 Å². The minimum Gasteiger partial charge on any atom is -0.465 e. The van der Waals surface area contributed by atoms with Crippen LogP contribution in [-0.2, 0) is 4.79 Å². The molecule has 0 aliphatic heterocycles. The summed E-state index contributed by atoms with van der Waals surface area (Å²) in [5.41, 5.74) is 1.29. The Kier molecular flexibility index (Phi) is 5.09. The van der Waals surface area contributed by atoms with Gasteiger partial charge in [-0.3, -0.25) is 10.1 Å². The first-order valence-corrected chi connectivity index (χ1v) is 8.96. The van der Waals surface area contributed by atoms with E-state index in [-0.39, 0.29) is 5.91 Å².